The van der Waals surface area contributed by atoms with Gasteiger partial charge < -0.3 is 0 Å². The number of sulfonamides is 1. The summed E-state index contributed by atoms with van der Waals surface area (Å²) < 4.78 is 27.7. The second kappa shape index (κ2) is 9.88. The summed E-state index contributed by atoms with van der Waals surface area (Å²) in [6.45, 7) is 0.340. The third kappa shape index (κ3) is 5.80. The summed E-state index contributed by atoms with van der Waals surface area (Å²) in [4.78, 5) is 15.5. The molecule has 1 amide bonds. The number of benzene rings is 1. The van der Waals surface area contributed by atoms with Gasteiger partial charge in [0, 0.05) is 31.0 Å². The lowest BCUT2D eigenvalue weighted by Gasteiger charge is -2.22. The van der Waals surface area contributed by atoms with Gasteiger partial charge in [0.1, 0.15) is 0 Å². The van der Waals surface area contributed by atoms with Gasteiger partial charge in [-0.2, -0.15) is 5.10 Å². The molecule has 0 spiro atoms. The zero-order chi connectivity index (χ0) is 22.4. The number of carbonyl (C=O) groups is 1. The number of hydrogen-bond donors (Lipinski definition) is 2. The van der Waals surface area contributed by atoms with E-state index in [1.54, 1.807) is 28.6 Å². The summed E-state index contributed by atoms with van der Waals surface area (Å²) >= 11 is 0. The Balaban J connectivity index is 1.66. The van der Waals surface area contributed by atoms with Crippen molar-refractivity contribution < 1.29 is 18.4 Å². The highest BCUT2D eigenvalue weighted by atomic mass is 32.2. The predicted molar refractivity (Wildman–Crippen MR) is 119 cm³/mol. The minimum absolute atomic E-state index is 0.252. The highest BCUT2D eigenvalue weighted by Gasteiger charge is 2.17. The predicted octanol–water partition coefficient (Wildman–Crippen LogP) is 2.86. The number of nitrogens with zero attached hydrogens (tertiary/aromatic N) is 4. The molecule has 0 aliphatic carbocycles. The van der Waals surface area contributed by atoms with Crippen LogP contribution in [-0.4, -0.2) is 47.1 Å². The molecule has 166 valence electrons. The van der Waals surface area contributed by atoms with Gasteiger partial charge in [0.05, 0.1) is 35.5 Å². The van der Waals surface area contributed by atoms with Gasteiger partial charge in [-0.25, -0.2) is 13.9 Å². The van der Waals surface area contributed by atoms with Crippen LogP contribution in [0.5, 0.6) is 0 Å². The number of fused-ring (bicyclic) bond motifs is 1. The lowest BCUT2D eigenvalue weighted by molar-refractivity contribution is -0.129. The highest BCUT2D eigenvalue weighted by molar-refractivity contribution is 7.92. The molecule has 0 saturated heterocycles. The number of hydroxylamine groups is 1. The van der Waals surface area contributed by atoms with Crippen LogP contribution in [0.15, 0.2) is 42.7 Å². The monoisotopic (exact) mass is 445 g/mol. The number of carbonyl (C=O) groups excluding carboxylic acids is 1. The van der Waals surface area contributed by atoms with Gasteiger partial charge in [-0.3, -0.25) is 24.0 Å². The summed E-state index contributed by atoms with van der Waals surface area (Å²) in [5, 5.41) is 13.8. The van der Waals surface area contributed by atoms with Crippen LogP contribution >= 0.6 is 0 Å². The van der Waals surface area contributed by atoms with E-state index in [-0.39, 0.29) is 6.42 Å². The quantitative estimate of drug-likeness (QED) is 0.281. The number of anilines is 1. The fraction of sp³-hybridized carbons (Fsp3) is 0.381. The van der Waals surface area contributed by atoms with Crippen LogP contribution in [0.4, 0.5) is 5.69 Å². The van der Waals surface area contributed by atoms with E-state index in [1.807, 2.05) is 31.3 Å². The average molecular weight is 446 g/mol. The number of unbranched alkanes of at least 4 members (excludes halogenated alkanes) is 3. The van der Waals surface area contributed by atoms with Gasteiger partial charge in [-0.15, -0.1) is 0 Å². The molecule has 0 saturated carbocycles. The summed E-state index contributed by atoms with van der Waals surface area (Å²) in [6.07, 6.45) is 7.68. The zero-order valence-corrected chi connectivity index (χ0v) is 18.5. The van der Waals surface area contributed by atoms with Crippen molar-refractivity contribution in [3.05, 3.63) is 42.7 Å². The van der Waals surface area contributed by atoms with E-state index in [0.717, 1.165) is 35.0 Å². The van der Waals surface area contributed by atoms with Gasteiger partial charge in [-0.1, -0.05) is 25.0 Å². The Morgan fingerprint density at radius 2 is 1.90 bits per heavy atom. The molecular weight excluding hydrogens is 418 g/mol. The normalized spacial score (nSPS) is 11.6. The zero-order valence-electron chi connectivity index (χ0n) is 17.7. The number of rotatable bonds is 10. The Labute approximate surface area is 181 Å². The fourth-order valence-corrected chi connectivity index (χ4v) is 4.40. The molecule has 3 rings (SSSR count). The van der Waals surface area contributed by atoms with E-state index in [9.17, 15) is 13.2 Å². The molecule has 9 nitrogen and oxygen atoms in total. The summed E-state index contributed by atoms with van der Waals surface area (Å²) in [6, 6.07) is 9.55. The van der Waals surface area contributed by atoms with Crippen LogP contribution in [0.2, 0.25) is 0 Å². The standard InChI is InChI=1S/C21H27N5O4S/c1-25-20-13-16(8-9-17(20)14-23-25)19-11-10-18(15-22-19)26(31(2,29)30)12-6-4-3-5-7-21(27)24-28/h8-11,13-15,28H,3-7,12H2,1-2H3,(H,24,27). The molecule has 0 unspecified atom stereocenters. The number of aromatic nitrogens is 3. The van der Waals surface area contributed by atoms with Crippen molar-refractivity contribution in [2.45, 2.75) is 32.1 Å². The molecule has 0 radical (unpaired) electrons. The lowest BCUT2D eigenvalue weighted by atomic mass is 10.1. The first kappa shape index (κ1) is 22.7. The minimum Gasteiger partial charge on any atom is -0.289 e. The van der Waals surface area contributed by atoms with Gasteiger partial charge in [0.2, 0.25) is 15.9 Å². The summed E-state index contributed by atoms with van der Waals surface area (Å²) in [7, 11) is -1.56. The van der Waals surface area contributed by atoms with Crippen LogP contribution in [0.1, 0.15) is 32.1 Å². The average Bonchev–Trinajstić information content (AvgIpc) is 3.12. The van der Waals surface area contributed by atoms with Gasteiger partial charge in [0.15, 0.2) is 0 Å². The van der Waals surface area contributed by atoms with Crippen molar-refractivity contribution in [3.63, 3.8) is 0 Å². The molecule has 0 atom stereocenters. The molecule has 2 N–H and O–H groups in total. The van der Waals surface area contributed by atoms with Crippen molar-refractivity contribution in [2.75, 3.05) is 17.1 Å². The van der Waals surface area contributed by atoms with E-state index in [4.69, 9.17) is 5.21 Å². The molecule has 1 aromatic carbocycles. The smallest absolute Gasteiger partial charge is 0.243 e. The maximum absolute atomic E-state index is 12.3. The molecule has 10 heteroatoms. The number of amides is 1. The summed E-state index contributed by atoms with van der Waals surface area (Å²) in [5.74, 6) is -0.411. The van der Waals surface area contributed by atoms with Crippen LogP contribution in [0.25, 0.3) is 22.2 Å². The maximum atomic E-state index is 12.3. The van der Waals surface area contributed by atoms with Crippen LogP contribution < -0.4 is 9.79 Å². The second-order valence-electron chi connectivity index (χ2n) is 7.48. The molecule has 31 heavy (non-hydrogen) atoms. The molecular formula is C21H27N5O4S. The van der Waals surface area contributed by atoms with Crippen molar-refractivity contribution in [1.82, 2.24) is 20.2 Å². The first-order chi connectivity index (χ1) is 14.8. The van der Waals surface area contributed by atoms with Gasteiger partial charge in [-0.05, 0) is 31.0 Å². The Hall–Kier alpha value is -2.98. The first-order valence-corrected chi connectivity index (χ1v) is 11.9. The second-order valence-corrected chi connectivity index (χ2v) is 9.38. The molecule has 2 aromatic heterocycles. The third-order valence-corrected chi connectivity index (χ3v) is 6.31. The van der Waals surface area contributed by atoms with Crippen molar-refractivity contribution in [3.8, 4) is 11.3 Å². The third-order valence-electron chi connectivity index (χ3n) is 5.12. The number of pyridine rings is 1. The van der Waals surface area contributed by atoms with E-state index < -0.39 is 15.9 Å². The van der Waals surface area contributed by atoms with Crippen molar-refractivity contribution in [1.29, 1.82) is 0 Å². The van der Waals surface area contributed by atoms with Gasteiger partial charge >= 0.3 is 0 Å². The molecule has 0 aliphatic heterocycles. The fourth-order valence-electron chi connectivity index (χ4n) is 3.44. The van der Waals surface area contributed by atoms with E-state index in [1.165, 1.54) is 10.6 Å². The van der Waals surface area contributed by atoms with E-state index in [2.05, 4.69) is 10.1 Å². The minimum atomic E-state index is -3.45. The number of nitrogens with one attached hydrogen (secondary N) is 1. The Bertz CT molecular complexity index is 1140. The number of hydrogen-bond acceptors (Lipinski definition) is 6. The molecule has 0 aliphatic rings. The Morgan fingerprint density at radius 3 is 2.58 bits per heavy atom. The molecule has 3 aromatic rings. The van der Waals surface area contributed by atoms with E-state index in [0.29, 0.717) is 25.1 Å². The lowest BCUT2D eigenvalue weighted by Crippen LogP contribution is -2.31. The van der Waals surface area contributed by atoms with Crippen molar-refractivity contribution in [2.24, 2.45) is 7.05 Å². The SMILES string of the molecule is Cn1ncc2ccc(-c3ccc(N(CCCCCCC(=O)NO)S(C)(=O)=O)cn3)cc21. The van der Waals surface area contributed by atoms with E-state index >= 15 is 0 Å². The van der Waals surface area contributed by atoms with Gasteiger partial charge in [0.25, 0.3) is 0 Å². The molecule has 2 heterocycles. The Kier molecular flexibility index (Phi) is 7.24. The van der Waals surface area contributed by atoms with Crippen LogP contribution in [0.3, 0.4) is 0 Å². The maximum Gasteiger partial charge on any atom is 0.243 e. The highest BCUT2D eigenvalue weighted by Crippen LogP contribution is 2.25. The first-order valence-electron chi connectivity index (χ1n) is 10.1. The number of aryl methyl sites for hydroxylation is 1. The van der Waals surface area contributed by atoms with Crippen molar-refractivity contribution >= 4 is 32.5 Å². The molecule has 0 fully saturated rings. The van der Waals surface area contributed by atoms with Crippen LogP contribution in [0, 0.1) is 0 Å². The topological polar surface area (TPSA) is 117 Å². The summed E-state index contributed by atoms with van der Waals surface area (Å²) in [5.41, 5.74) is 4.81. The largest absolute Gasteiger partial charge is 0.289 e. The van der Waals surface area contributed by atoms with Crippen LogP contribution in [-0.2, 0) is 21.9 Å². The Morgan fingerprint density at radius 1 is 1.13 bits per heavy atom. The molecule has 0 bridgehead atoms.